The quantitative estimate of drug-likeness (QED) is 0.637. The molecular weight excluding hydrogens is 266 g/mol. The number of hydrogen-bond acceptors (Lipinski definition) is 4. The Bertz CT molecular complexity index is 451. The molecular formula is C14H20F2N2O2. The van der Waals surface area contributed by atoms with Crippen LogP contribution in [-0.4, -0.2) is 32.0 Å². The van der Waals surface area contributed by atoms with Crippen LogP contribution < -0.4 is 11.3 Å². The molecule has 0 amide bonds. The highest BCUT2D eigenvalue weighted by molar-refractivity contribution is 5.21. The third-order valence-electron chi connectivity index (χ3n) is 4.01. The van der Waals surface area contributed by atoms with Crippen LogP contribution in [0.1, 0.15) is 18.4 Å². The first-order chi connectivity index (χ1) is 9.61. The molecule has 1 aromatic rings. The fraction of sp³-hybridized carbons (Fsp3) is 0.571. The highest BCUT2D eigenvalue weighted by atomic mass is 19.1. The molecule has 3 N–H and O–H groups in total. The first kappa shape index (κ1) is 15.3. The van der Waals surface area contributed by atoms with Crippen molar-refractivity contribution in [2.75, 3.05) is 20.3 Å². The smallest absolute Gasteiger partial charge is 0.126 e. The molecule has 1 unspecified atom stereocenters. The van der Waals surface area contributed by atoms with Gasteiger partial charge < -0.3 is 9.47 Å². The van der Waals surface area contributed by atoms with E-state index in [0.29, 0.717) is 26.1 Å². The van der Waals surface area contributed by atoms with Crippen molar-refractivity contribution in [3.8, 4) is 0 Å². The molecule has 1 saturated heterocycles. The Kier molecular flexibility index (Phi) is 5.04. The van der Waals surface area contributed by atoms with Crippen molar-refractivity contribution in [3.63, 3.8) is 0 Å². The second kappa shape index (κ2) is 6.58. The van der Waals surface area contributed by atoms with E-state index in [1.54, 1.807) is 7.11 Å². The SMILES string of the molecule is COC1(C(Cc2cc(F)ccc2F)NN)CCOCC1. The van der Waals surface area contributed by atoms with Gasteiger partial charge in [0.05, 0.1) is 11.6 Å². The molecule has 20 heavy (non-hydrogen) atoms. The summed E-state index contributed by atoms with van der Waals surface area (Å²) in [6.07, 6.45) is 1.58. The molecule has 0 aromatic heterocycles. The Balaban J connectivity index is 2.21. The first-order valence-corrected chi connectivity index (χ1v) is 6.64. The highest BCUT2D eigenvalue weighted by Gasteiger charge is 2.40. The maximum Gasteiger partial charge on any atom is 0.126 e. The second-order valence-electron chi connectivity index (χ2n) is 5.04. The van der Waals surface area contributed by atoms with E-state index in [4.69, 9.17) is 15.3 Å². The molecule has 0 aliphatic carbocycles. The second-order valence-corrected chi connectivity index (χ2v) is 5.04. The Labute approximate surface area is 117 Å². The van der Waals surface area contributed by atoms with Crippen LogP contribution in [0.15, 0.2) is 18.2 Å². The zero-order valence-electron chi connectivity index (χ0n) is 11.5. The third-order valence-corrected chi connectivity index (χ3v) is 4.01. The normalized spacial score (nSPS) is 19.8. The van der Waals surface area contributed by atoms with Crippen LogP contribution in [0.4, 0.5) is 8.78 Å². The lowest BCUT2D eigenvalue weighted by molar-refractivity contribution is -0.110. The molecule has 1 aliphatic heterocycles. The van der Waals surface area contributed by atoms with Gasteiger partial charge in [-0.2, -0.15) is 0 Å². The molecule has 2 rings (SSSR count). The van der Waals surface area contributed by atoms with Gasteiger partial charge in [0.2, 0.25) is 0 Å². The molecule has 1 aliphatic rings. The van der Waals surface area contributed by atoms with E-state index >= 15 is 0 Å². The lowest BCUT2D eigenvalue weighted by Crippen LogP contribution is -2.58. The van der Waals surface area contributed by atoms with Gasteiger partial charge in [0, 0.05) is 33.2 Å². The summed E-state index contributed by atoms with van der Waals surface area (Å²) in [5.41, 5.74) is 2.45. The fourth-order valence-corrected chi connectivity index (χ4v) is 2.73. The summed E-state index contributed by atoms with van der Waals surface area (Å²) in [6, 6.07) is 3.11. The van der Waals surface area contributed by atoms with E-state index in [1.807, 2.05) is 0 Å². The van der Waals surface area contributed by atoms with Crippen LogP contribution in [0.3, 0.4) is 0 Å². The Morgan fingerprint density at radius 1 is 1.40 bits per heavy atom. The van der Waals surface area contributed by atoms with E-state index in [1.165, 1.54) is 6.07 Å². The van der Waals surface area contributed by atoms with E-state index in [9.17, 15) is 8.78 Å². The monoisotopic (exact) mass is 286 g/mol. The molecule has 6 heteroatoms. The van der Waals surface area contributed by atoms with Gasteiger partial charge in [-0.25, -0.2) is 8.78 Å². The van der Waals surface area contributed by atoms with E-state index in [0.717, 1.165) is 12.1 Å². The number of methoxy groups -OCH3 is 1. The summed E-state index contributed by atoms with van der Waals surface area (Å²) in [4.78, 5) is 0. The average molecular weight is 286 g/mol. The van der Waals surface area contributed by atoms with Gasteiger partial charge >= 0.3 is 0 Å². The Hall–Kier alpha value is -1.08. The van der Waals surface area contributed by atoms with Crippen molar-refractivity contribution >= 4 is 0 Å². The zero-order chi connectivity index (χ0) is 14.6. The van der Waals surface area contributed by atoms with Crippen molar-refractivity contribution < 1.29 is 18.3 Å². The molecule has 4 nitrogen and oxygen atoms in total. The van der Waals surface area contributed by atoms with Crippen molar-refractivity contribution in [3.05, 3.63) is 35.4 Å². The number of ether oxygens (including phenoxy) is 2. The van der Waals surface area contributed by atoms with Gasteiger partial charge in [0.15, 0.2) is 0 Å². The lowest BCUT2D eigenvalue weighted by Gasteiger charge is -2.42. The van der Waals surface area contributed by atoms with Gasteiger partial charge in [-0.3, -0.25) is 11.3 Å². The third kappa shape index (κ3) is 3.15. The largest absolute Gasteiger partial charge is 0.381 e. The summed E-state index contributed by atoms with van der Waals surface area (Å²) in [6.45, 7) is 1.13. The van der Waals surface area contributed by atoms with Gasteiger partial charge in [0.25, 0.3) is 0 Å². The Morgan fingerprint density at radius 2 is 2.10 bits per heavy atom. The predicted octanol–water partition coefficient (Wildman–Crippen LogP) is 1.53. The van der Waals surface area contributed by atoms with E-state index in [2.05, 4.69) is 5.43 Å². The molecule has 0 bridgehead atoms. The van der Waals surface area contributed by atoms with Crippen LogP contribution in [0.25, 0.3) is 0 Å². The van der Waals surface area contributed by atoms with Gasteiger partial charge in [-0.05, 0) is 30.2 Å². The molecule has 0 spiro atoms. The fourth-order valence-electron chi connectivity index (χ4n) is 2.73. The van der Waals surface area contributed by atoms with Crippen molar-refractivity contribution in [1.82, 2.24) is 5.43 Å². The summed E-state index contributed by atoms with van der Waals surface area (Å²) in [5.74, 6) is 4.71. The number of halogens is 2. The van der Waals surface area contributed by atoms with Crippen LogP contribution in [0, 0.1) is 11.6 Å². The average Bonchev–Trinajstić information content (AvgIpc) is 2.48. The molecule has 0 radical (unpaired) electrons. The van der Waals surface area contributed by atoms with Crippen LogP contribution >= 0.6 is 0 Å². The number of nitrogens with one attached hydrogen (secondary N) is 1. The van der Waals surface area contributed by atoms with E-state index in [-0.39, 0.29) is 18.0 Å². The summed E-state index contributed by atoms with van der Waals surface area (Å²) < 4.78 is 38.0. The summed E-state index contributed by atoms with van der Waals surface area (Å²) >= 11 is 0. The number of hydrogen-bond donors (Lipinski definition) is 2. The van der Waals surface area contributed by atoms with Gasteiger partial charge in [-0.15, -0.1) is 0 Å². The van der Waals surface area contributed by atoms with Crippen molar-refractivity contribution in [2.45, 2.75) is 30.9 Å². The minimum Gasteiger partial charge on any atom is -0.381 e. The number of benzene rings is 1. The maximum atomic E-state index is 13.8. The molecule has 0 saturated carbocycles. The zero-order valence-corrected chi connectivity index (χ0v) is 11.5. The first-order valence-electron chi connectivity index (χ1n) is 6.64. The minimum absolute atomic E-state index is 0.258. The Morgan fingerprint density at radius 3 is 2.70 bits per heavy atom. The summed E-state index contributed by atoms with van der Waals surface area (Å²) in [7, 11) is 1.61. The lowest BCUT2D eigenvalue weighted by atomic mass is 9.83. The van der Waals surface area contributed by atoms with Crippen molar-refractivity contribution in [2.24, 2.45) is 5.84 Å². The minimum atomic E-state index is -0.522. The van der Waals surface area contributed by atoms with E-state index < -0.39 is 17.2 Å². The standard InChI is InChI=1S/C14H20F2N2O2/c1-19-14(4-6-20-7-5-14)13(18-17)9-10-8-11(15)2-3-12(10)16/h2-3,8,13,18H,4-7,9,17H2,1H3. The topological polar surface area (TPSA) is 56.5 Å². The predicted molar refractivity (Wildman–Crippen MR) is 71.0 cm³/mol. The van der Waals surface area contributed by atoms with Crippen LogP contribution in [0.2, 0.25) is 0 Å². The maximum absolute atomic E-state index is 13.8. The van der Waals surface area contributed by atoms with Gasteiger partial charge in [0.1, 0.15) is 11.6 Å². The molecule has 1 fully saturated rings. The summed E-state index contributed by atoms with van der Waals surface area (Å²) in [5, 5.41) is 0. The number of nitrogens with two attached hydrogens (primary N) is 1. The molecule has 112 valence electrons. The van der Waals surface area contributed by atoms with Crippen LogP contribution in [0.5, 0.6) is 0 Å². The molecule has 1 aromatic carbocycles. The van der Waals surface area contributed by atoms with Crippen LogP contribution in [-0.2, 0) is 15.9 Å². The molecule has 1 heterocycles. The number of hydrazine groups is 1. The highest BCUT2D eigenvalue weighted by Crippen LogP contribution is 2.30. The molecule has 1 atom stereocenters. The number of rotatable bonds is 5. The van der Waals surface area contributed by atoms with Crippen molar-refractivity contribution in [1.29, 1.82) is 0 Å². The van der Waals surface area contributed by atoms with Gasteiger partial charge in [-0.1, -0.05) is 0 Å².